The van der Waals surface area contributed by atoms with Gasteiger partial charge in [0, 0.05) is 42.3 Å². The summed E-state index contributed by atoms with van der Waals surface area (Å²) in [6, 6.07) is 8.36. The maximum atomic E-state index is 13.0. The Morgan fingerprint density at radius 3 is 2.50 bits per heavy atom. The van der Waals surface area contributed by atoms with Crippen LogP contribution in [0.5, 0.6) is 0 Å². The normalized spacial score (nSPS) is 11.9. The van der Waals surface area contributed by atoms with Gasteiger partial charge < -0.3 is 9.88 Å². The second kappa shape index (κ2) is 11.1. The predicted octanol–water partition coefficient (Wildman–Crippen LogP) is 4.81. The Morgan fingerprint density at radius 2 is 1.91 bits per heavy atom. The highest BCUT2D eigenvalue weighted by Gasteiger charge is 2.26. The number of imidazole rings is 1. The largest absolute Gasteiger partial charge is 0.337 e. The quantitative estimate of drug-likeness (QED) is 0.409. The molecule has 0 radical (unpaired) electrons. The lowest BCUT2D eigenvalue weighted by atomic mass is 10.0. The summed E-state index contributed by atoms with van der Waals surface area (Å²) in [7, 11) is -4.20. The number of urea groups is 1. The van der Waals surface area contributed by atoms with E-state index in [1.165, 1.54) is 0 Å². The van der Waals surface area contributed by atoms with Gasteiger partial charge in [-0.3, -0.25) is 0 Å². The van der Waals surface area contributed by atoms with Crippen molar-refractivity contribution < 1.29 is 22.0 Å². The SMILES string of the molecule is Cc1nccn1Cc1ccc(-c2cc(CC(C)C)sc2S(=O)(=O)NC(=O)NCCC(F)F)cc1. The van der Waals surface area contributed by atoms with Gasteiger partial charge in [-0.2, -0.15) is 0 Å². The highest BCUT2D eigenvalue weighted by molar-refractivity contribution is 7.92. The number of aromatic nitrogens is 2. The van der Waals surface area contributed by atoms with Crippen LogP contribution in [0.4, 0.5) is 13.6 Å². The number of aryl methyl sites for hydroxylation is 1. The highest BCUT2D eigenvalue weighted by Crippen LogP contribution is 2.36. The molecule has 1 aromatic carbocycles. The Morgan fingerprint density at radius 1 is 1.21 bits per heavy atom. The molecule has 0 unspecified atom stereocenters. The van der Waals surface area contributed by atoms with Crippen molar-refractivity contribution in [1.82, 2.24) is 19.6 Å². The van der Waals surface area contributed by atoms with Gasteiger partial charge >= 0.3 is 6.03 Å². The molecular formula is C23H28F2N4O3S2. The minimum absolute atomic E-state index is 0.0189. The van der Waals surface area contributed by atoms with E-state index in [4.69, 9.17) is 0 Å². The molecule has 0 aliphatic rings. The van der Waals surface area contributed by atoms with E-state index in [0.717, 1.165) is 27.6 Å². The first-order chi connectivity index (χ1) is 16.0. The van der Waals surface area contributed by atoms with Crippen molar-refractivity contribution in [3.63, 3.8) is 0 Å². The number of hydrogen-bond donors (Lipinski definition) is 2. The zero-order valence-electron chi connectivity index (χ0n) is 19.2. The fraction of sp³-hybridized carbons (Fsp3) is 0.391. The van der Waals surface area contributed by atoms with Gasteiger partial charge in [-0.1, -0.05) is 38.1 Å². The molecule has 2 amide bonds. The molecule has 11 heteroatoms. The zero-order valence-corrected chi connectivity index (χ0v) is 20.8. The van der Waals surface area contributed by atoms with Gasteiger partial charge in [0.1, 0.15) is 10.0 Å². The number of hydrogen-bond acceptors (Lipinski definition) is 5. The second-order valence-corrected chi connectivity index (χ2v) is 11.4. The lowest BCUT2D eigenvalue weighted by Crippen LogP contribution is -2.40. The molecule has 2 aromatic heterocycles. The average molecular weight is 511 g/mol. The van der Waals surface area contributed by atoms with Crippen molar-refractivity contribution in [1.29, 1.82) is 0 Å². The topological polar surface area (TPSA) is 93.1 Å². The first-order valence-electron chi connectivity index (χ1n) is 10.8. The third kappa shape index (κ3) is 6.86. The third-order valence-electron chi connectivity index (χ3n) is 5.02. The number of benzene rings is 1. The Kier molecular flexibility index (Phi) is 8.42. The lowest BCUT2D eigenvalue weighted by Gasteiger charge is -2.10. The summed E-state index contributed by atoms with van der Waals surface area (Å²) < 4.78 is 54.6. The van der Waals surface area contributed by atoms with E-state index in [2.05, 4.69) is 10.3 Å². The molecule has 2 heterocycles. The zero-order chi connectivity index (χ0) is 24.9. The summed E-state index contributed by atoms with van der Waals surface area (Å²) in [4.78, 5) is 17.1. The molecule has 0 spiro atoms. The first kappa shape index (κ1) is 25.8. The Hall–Kier alpha value is -2.79. The number of nitrogens with one attached hydrogen (secondary N) is 2. The van der Waals surface area contributed by atoms with Gasteiger partial charge in [0.05, 0.1) is 0 Å². The van der Waals surface area contributed by atoms with Crippen LogP contribution in [0.3, 0.4) is 0 Å². The van der Waals surface area contributed by atoms with Crippen molar-refractivity contribution in [2.24, 2.45) is 5.92 Å². The predicted molar refractivity (Wildman–Crippen MR) is 129 cm³/mol. The first-order valence-corrected chi connectivity index (χ1v) is 13.1. The Balaban J connectivity index is 1.86. The number of amides is 2. The number of halogens is 2. The van der Waals surface area contributed by atoms with Crippen molar-refractivity contribution in [3.8, 4) is 11.1 Å². The van der Waals surface area contributed by atoms with Crippen LogP contribution in [0.15, 0.2) is 46.9 Å². The van der Waals surface area contributed by atoms with Crippen LogP contribution < -0.4 is 10.0 Å². The maximum Gasteiger partial charge on any atom is 0.328 e. The molecule has 0 saturated heterocycles. The molecule has 2 N–H and O–H groups in total. The number of carbonyl (C=O) groups is 1. The molecule has 0 aliphatic heterocycles. The smallest absolute Gasteiger partial charge is 0.328 e. The van der Waals surface area contributed by atoms with E-state index in [-0.39, 0.29) is 10.8 Å². The summed E-state index contributed by atoms with van der Waals surface area (Å²) in [6.07, 6.45) is 1.18. The van der Waals surface area contributed by atoms with Crippen LogP contribution in [0, 0.1) is 12.8 Å². The molecule has 0 aliphatic carbocycles. The van der Waals surface area contributed by atoms with Crippen molar-refractivity contribution in [2.45, 2.75) is 50.8 Å². The highest BCUT2D eigenvalue weighted by atomic mass is 32.2. The van der Waals surface area contributed by atoms with Gasteiger partial charge in [-0.25, -0.2) is 31.7 Å². The molecule has 0 bridgehead atoms. The third-order valence-corrected chi connectivity index (χ3v) is 8.04. The fourth-order valence-electron chi connectivity index (χ4n) is 3.38. The van der Waals surface area contributed by atoms with Gasteiger partial charge in [0.25, 0.3) is 10.0 Å². The average Bonchev–Trinajstić information content (AvgIpc) is 3.34. The Bertz CT molecular complexity index is 1220. The van der Waals surface area contributed by atoms with Crippen LogP contribution in [0.1, 0.15) is 36.5 Å². The van der Waals surface area contributed by atoms with Gasteiger partial charge in [-0.15, -0.1) is 11.3 Å². The second-order valence-electron chi connectivity index (χ2n) is 8.35. The van der Waals surface area contributed by atoms with E-state index in [9.17, 15) is 22.0 Å². The fourth-order valence-corrected chi connectivity index (χ4v) is 6.26. The van der Waals surface area contributed by atoms with Crippen LogP contribution >= 0.6 is 11.3 Å². The monoisotopic (exact) mass is 510 g/mol. The van der Waals surface area contributed by atoms with Crippen LogP contribution in [0.2, 0.25) is 0 Å². The van der Waals surface area contributed by atoms with Crippen molar-refractivity contribution >= 4 is 27.4 Å². The van der Waals surface area contributed by atoms with E-state index in [1.807, 2.05) is 66.6 Å². The molecule has 3 aromatic rings. The summed E-state index contributed by atoms with van der Waals surface area (Å²) in [5.74, 6) is 1.21. The molecular weight excluding hydrogens is 482 g/mol. The van der Waals surface area contributed by atoms with Gasteiger partial charge in [-0.05, 0) is 36.5 Å². The van der Waals surface area contributed by atoms with Crippen LogP contribution in [-0.2, 0) is 23.0 Å². The number of rotatable bonds is 10. The molecule has 34 heavy (non-hydrogen) atoms. The van der Waals surface area contributed by atoms with Gasteiger partial charge in [0.2, 0.25) is 6.43 Å². The number of alkyl halides is 2. The summed E-state index contributed by atoms with van der Waals surface area (Å²) in [5, 5.41) is 2.16. The Labute approximate surface area is 202 Å². The molecule has 0 fully saturated rings. The molecule has 7 nitrogen and oxygen atoms in total. The van der Waals surface area contributed by atoms with Crippen LogP contribution in [-0.4, -0.2) is 37.0 Å². The summed E-state index contributed by atoms with van der Waals surface area (Å²) in [6.45, 7) is 6.31. The minimum Gasteiger partial charge on any atom is -0.337 e. The van der Waals surface area contributed by atoms with E-state index in [0.29, 0.717) is 30.0 Å². The number of carbonyl (C=O) groups excluding carboxylic acids is 1. The van der Waals surface area contributed by atoms with Gasteiger partial charge in [0.15, 0.2) is 0 Å². The van der Waals surface area contributed by atoms with Crippen LogP contribution in [0.25, 0.3) is 11.1 Å². The molecule has 184 valence electrons. The number of nitrogens with zero attached hydrogens (tertiary/aromatic N) is 2. The van der Waals surface area contributed by atoms with Crippen molar-refractivity contribution in [2.75, 3.05) is 6.54 Å². The minimum atomic E-state index is -4.20. The standard InChI is InChI=1S/C23H28F2N4O3S2/c1-15(2)12-19-13-20(18-6-4-17(5-7-18)14-29-11-10-26-16(29)3)22(33-19)34(31,32)28-23(30)27-9-8-21(24)25/h4-7,10-11,13,15,21H,8-9,12,14H2,1-3H3,(H2,27,28,30). The van der Waals surface area contributed by atoms with Crippen molar-refractivity contribution in [3.05, 3.63) is 59.0 Å². The summed E-state index contributed by atoms with van der Waals surface area (Å²) in [5.41, 5.74) is 2.23. The lowest BCUT2D eigenvalue weighted by molar-refractivity contribution is 0.138. The molecule has 0 atom stereocenters. The van der Waals surface area contributed by atoms with E-state index >= 15 is 0 Å². The maximum absolute atomic E-state index is 13.0. The number of thiophene rings is 1. The number of sulfonamides is 1. The van der Waals surface area contributed by atoms with E-state index < -0.39 is 28.9 Å². The molecule has 3 rings (SSSR count). The summed E-state index contributed by atoms with van der Waals surface area (Å²) >= 11 is 1.11. The van der Waals surface area contributed by atoms with E-state index in [1.54, 1.807) is 6.20 Å². The molecule has 0 saturated carbocycles.